The number of hydrogen-bond acceptors (Lipinski definition) is 6. The number of hydrogen-bond donors (Lipinski definition) is 2. The Kier molecular flexibility index (Phi) is 4.28. The fourth-order valence-corrected chi connectivity index (χ4v) is 3.38. The number of sulfone groups is 1. The van der Waals surface area contributed by atoms with Gasteiger partial charge in [0.15, 0.2) is 5.82 Å². The van der Waals surface area contributed by atoms with Crippen molar-refractivity contribution in [3.05, 3.63) is 60.1 Å². The van der Waals surface area contributed by atoms with Crippen LogP contribution in [0.2, 0.25) is 0 Å². The molecule has 0 amide bonds. The Labute approximate surface area is 141 Å². The number of aromatic nitrogens is 4. The van der Waals surface area contributed by atoms with Crippen molar-refractivity contribution in [3.63, 3.8) is 0 Å². The SMILES string of the molecule is O=C(Cc1ccc(S(=O)(=O)c2ccc(F)cc2)[nH]1)C(=O)c1ncn[nH]1. The van der Waals surface area contributed by atoms with E-state index in [0.29, 0.717) is 0 Å². The minimum absolute atomic E-state index is 0.0913. The average molecular weight is 362 g/mol. The highest BCUT2D eigenvalue weighted by molar-refractivity contribution is 7.91. The Balaban J connectivity index is 1.79. The van der Waals surface area contributed by atoms with Crippen LogP contribution in [-0.2, 0) is 21.1 Å². The van der Waals surface area contributed by atoms with Crippen molar-refractivity contribution in [2.24, 2.45) is 0 Å². The number of halogens is 1. The summed E-state index contributed by atoms with van der Waals surface area (Å²) in [6.45, 7) is 0. The van der Waals surface area contributed by atoms with Gasteiger partial charge in [0.25, 0.3) is 5.78 Å². The first-order valence-electron chi connectivity index (χ1n) is 6.99. The second-order valence-corrected chi connectivity index (χ2v) is 6.99. The fraction of sp³-hybridized carbons (Fsp3) is 0.0667. The molecule has 2 aromatic heterocycles. The molecule has 0 spiro atoms. The molecule has 0 aliphatic carbocycles. The Hall–Kier alpha value is -3.14. The van der Waals surface area contributed by atoms with E-state index in [9.17, 15) is 22.4 Å². The molecule has 0 saturated carbocycles. The van der Waals surface area contributed by atoms with Crippen molar-refractivity contribution in [1.29, 1.82) is 0 Å². The van der Waals surface area contributed by atoms with E-state index in [4.69, 9.17) is 0 Å². The molecule has 25 heavy (non-hydrogen) atoms. The number of carbonyl (C=O) groups excluding carboxylic acids is 2. The van der Waals surface area contributed by atoms with Crippen LogP contribution in [0.3, 0.4) is 0 Å². The van der Waals surface area contributed by atoms with E-state index in [2.05, 4.69) is 20.2 Å². The predicted molar refractivity (Wildman–Crippen MR) is 82.1 cm³/mol. The smallest absolute Gasteiger partial charge is 0.265 e. The van der Waals surface area contributed by atoms with Gasteiger partial charge in [-0.2, -0.15) is 5.10 Å². The zero-order chi connectivity index (χ0) is 18.0. The van der Waals surface area contributed by atoms with Gasteiger partial charge in [0.2, 0.25) is 15.6 Å². The van der Waals surface area contributed by atoms with Crippen LogP contribution in [0.5, 0.6) is 0 Å². The van der Waals surface area contributed by atoms with Gasteiger partial charge in [-0.15, -0.1) is 0 Å². The van der Waals surface area contributed by atoms with Crippen LogP contribution in [0.4, 0.5) is 4.39 Å². The van der Waals surface area contributed by atoms with E-state index < -0.39 is 27.2 Å². The number of nitrogens with one attached hydrogen (secondary N) is 2. The lowest BCUT2D eigenvalue weighted by Crippen LogP contribution is -2.18. The van der Waals surface area contributed by atoms with Crippen LogP contribution in [0.25, 0.3) is 0 Å². The molecule has 3 rings (SSSR count). The second-order valence-electron chi connectivity index (χ2n) is 5.07. The molecule has 10 heteroatoms. The molecule has 0 saturated heterocycles. The first-order valence-corrected chi connectivity index (χ1v) is 8.47. The van der Waals surface area contributed by atoms with E-state index >= 15 is 0 Å². The summed E-state index contributed by atoms with van der Waals surface area (Å²) in [5.74, 6) is -2.36. The normalized spacial score (nSPS) is 11.4. The lowest BCUT2D eigenvalue weighted by atomic mass is 10.1. The van der Waals surface area contributed by atoms with Gasteiger partial charge in [-0.3, -0.25) is 14.7 Å². The number of Topliss-reactive ketones (excluding diaryl/α,β-unsaturated/α-hetero) is 2. The molecule has 0 bridgehead atoms. The monoisotopic (exact) mass is 362 g/mol. The molecule has 0 fully saturated rings. The van der Waals surface area contributed by atoms with E-state index in [1.807, 2.05) is 0 Å². The maximum Gasteiger partial charge on any atom is 0.265 e. The topological polar surface area (TPSA) is 126 Å². The lowest BCUT2D eigenvalue weighted by molar-refractivity contribution is -0.114. The third-order valence-electron chi connectivity index (χ3n) is 3.37. The van der Waals surface area contributed by atoms with E-state index in [0.717, 1.165) is 30.6 Å². The molecule has 3 aromatic rings. The summed E-state index contributed by atoms with van der Waals surface area (Å²) in [6.07, 6.45) is 0.779. The van der Waals surface area contributed by atoms with E-state index in [1.165, 1.54) is 12.1 Å². The van der Waals surface area contributed by atoms with Crippen molar-refractivity contribution in [2.75, 3.05) is 0 Å². The summed E-state index contributed by atoms with van der Waals surface area (Å²) in [5, 5.41) is 5.62. The zero-order valence-electron chi connectivity index (χ0n) is 12.6. The maximum atomic E-state index is 12.9. The molecule has 0 aliphatic rings. The summed E-state index contributed by atoms with van der Waals surface area (Å²) in [7, 11) is -3.88. The van der Waals surface area contributed by atoms with Gasteiger partial charge < -0.3 is 4.98 Å². The minimum atomic E-state index is -3.88. The maximum absolute atomic E-state index is 12.9. The van der Waals surface area contributed by atoms with Gasteiger partial charge in [-0.25, -0.2) is 17.8 Å². The van der Waals surface area contributed by atoms with Gasteiger partial charge >= 0.3 is 0 Å². The fourth-order valence-electron chi connectivity index (χ4n) is 2.12. The highest BCUT2D eigenvalue weighted by Crippen LogP contribution is 2.20. The minimum Gasteiger partial charge on any atom is -0.349 e. The average Bonchev–Trinajstić information content (AvgIpc) is 3.26. The Morgan fingerprint density at radius 1 is 1.08 bits per heavy atom. The van der Waals surface area contributed by atoms with Gasteiger partial charge in [0, 0.05) is 5.69 Å². The van der Waals surface area contributed by atoms with Crippen LogP contribution >= 0.6 is 0 Å². The molecule has 2 heterocycles. The number of ketones is 2. The highest BCUT2D eigenvalue weighted by atomic mass is 32.2. The van der Waals surface area contributed by atoms with Crippen molar-refractivity contribution in [1.82, 2.24) is 20.2 Å². The molecule has 0 atom stereocenters. The van der Waals surface area contributed by atoms with Crippen molar-refractivity contribution in [2.45, 2.75) is 16.3 Å². The Morgan fingerprint density at radius 2 is 1.80 bits per heavy atom. The number of carbonyl (C=O) groups is 2. The van der Waals surface area contributed by atoms with Gasteiger partial charge in [-0.05, 0) is 36.4 Å². The third kappa shape index (κ3) is 3.38. The molecule has 0 unspecified atom stereocenters. The first kappa shape index (κ1) is 16.7. The zero-order valence-corrected chi connectivity index (χ0v) is 13.4. The summed E-state index contributed by atoms with van der Waals surface area (Å²) < 4.78 is 37.8. The van der Waals surface area contributed by atoms with Crippen LogP contribution in [-0.4, -0.2) is 40.1 Å². The predicted octanol–water partition coefficient (Wildman–Crippen LogP) is 1.10. The standard InChI is InChI=1S/C15H11FN4O4S/c16-9-1-4-11(5-2-9)25(23,24)13-6-3-10(19-13)7-12(21)14(22)15-17-8-18-20-15/h1-6,8,19H,7H2,(H,17,18,20). The molecule has 2 N–H and O–H groups in total. The Morgan fingerprint density at radius 3 is 2.44 bits per heavy atom. The van der Waals surface area contributed by atoms with Gasteiger partial charge in [0.05, 0.1) is 11.3 Å². The molecule has 0 radical (unpaired) electrons. The number of benzene rings is 1. The van der Waals surface area contributed by atoms with E-state index in [-0.39, 0.29) is 27.9 Å². The quantitative estimate of drug-likeness (QED) is 0.384. The summed E-state index contributed by atoms with van der Waals surface area (Å²) in [4.78, 5) is 29.8. The largest absolute Gasteiger partial charge is 0.349 e. The Bertz CT molecular complexity index is 1020. The molecule has 1 aromatic carbocycles. The molecular formula is C15H11FN4O4S. The van der Waals surface area contributed by atoms with Crippen molar-refractivity contribution in [3.8, 4) is 0 Å². The van der Waals surface area contributed by atoms with Crippen LogP contribution in [0.1, 0.15) is 16.3 Å². The summed E-state index contributed by atoms with van der Waals surface area (Å²) >= 11 is 0. The van der Waals surface area contributed by atoms with Crippen LogP contribution in [0, 0.1) is 5.82 Å². The molecular weight excluding hydrogens is 351 g/mol. The van der Waals surface area contributed by atoms with Gasteiger partial charge in [0.1, 0.15) is 17.2 Å². The first-order chi connectivity index (χ1) is 11.9. The van der Waals surface area contributed by atoms with Gasteiger partial charge in [-0.1, -0.05) is 0 Å². The molecule has 128 valence electrons. The number of aromatic amines is 2. The lowest BCUT2D eigenvalue weighted by Gasteiger charge is -2.02. The van der Waals surface area contributed by atoms with E-state index in [1.54, 1.807) is 0 Å². The number of nitrogens with zero attached hydrogens (tertiary/aromatic N) is 2. The summed E-state index contributed by atoms with van der Waals surface area (Å²) in [6, 6.07) is 7.03. The molecule has 0 aliphatic heterocycles. The highest BCUT2D eigenvalue weighted by Gasteiger charge is 2.23. The van der Waals surface area contributed by atoms with Crippen molar-refractivity contribution < 1.29 is 22.4 Å². The molecule has 8 nitrogen and oxygen atoms in total. The second kappa shape index (κ2) is 6.40. The number of H-pyrrole nitrogens is 2. The van der Waals surface area contributed by atoms with Crippen LogP contribution < -0.4 is 0 Å². The summed E-state index contributed by atoms with van der Waals surface area (Å²) in [5.41, 5.74) is 0.249. The number of rotatable bonds is 6. The third-order valence-corrected chi connectivity index (χ3v) is 5.08. The van der Waals surface area contributed by atoms with Crippen molar-refractivity contribution >= 4 is 21.4 Å². The van der Waals surface area contributed by atoms with Crippen LogP contribution in [0.15, 0.2) is 52.6 Å².